The number of ether oxygens (including phenoxy) is 3. The van der Waals surface area contributed by atoms with Crippen LogP contribution in [0.4, 0.5) is 0 Å². The van der Waals surface area contributed by atoms with Crippen LogP contribution in [0.2, 0.25) is 5.02 Å². The van der Waals surface area contributed by atoms with E-state index in [-0.39, 0.29) is 10.9 Å². The molecule has 6 nitrogen and oxygen atoms in total. The summed E-state index contributed by atoms with van der Waals surface area (Å²) in [6.45, 7) is 0. The van der Waals surface area contributed by atoms with Gasteiger partial charge in [0, 0.05) is 10.6 Å². The molecular weight excluding hydrogens is 391 g/mol. The lowest BCUT2D eigenvalue weighted by molar-refractivity contribution is 0.324. The summed E-state index contributed by atoms with van der Waals surface area (Å²) in [5, 5.41) is 8.91. The van der Waals surface area contributed by atoms with E-state index < -0.39 is 0 Å². The first-order chi connectivity index (χ1) is 13.0. The Morgan fingerprint density at radius 3 is 2.15 bits per heavy atom. The SMILES string of the molecule is COc1cc(/C=C(\Cl)c2nnc(-c3ccc(Cl)cc3)o2)cc(OC)c1OC. The van der Waals surface area contributed by atoms with Crippen molar-refractivity contribution >= 4 is 34.3 Å². The number of halogens is 2. The molecule has 0 saturated carbocycles. The zero-order valence-electron chi connectivity index (χ0n) is 14.8. The van der Waals surface area contributed by atoms with E-state index >= 15 is 0 Å². The van der Waals surface area contributed by atoms with Gasteiger partial charge in [0.05, 0.1) is 21.3 Å². The monoisotopic (exact) mass is 406 g/mol. The van der Waals surface area contributed by atoms with Gasteiger partial charge in [-0.3, -0.25) is 0 Å². The molecular formula is C19H16Cl2N2O4. The second-order valence-corrected chi connectivity index (χ2v) is 6.21. The molecule has 0 radical (unpaired) electrons. The smallest absolute Gasteiger partial charge is 0.259 e. The molecule has 0 aliphatic rings. The van der Waals surface area contributed by atoms with Gasteiger partial charge in [-0.2, -0.15) is 0 Å². The van der Waals surface area contributed by atoms with Gasteiger partial charge in [-0.05, 0) is 48.0 Å². The third-order valence-corrected chi connectivity index (χ3v) is 4.22. The molecule has 27 heavy (non-hydrogen) atoms. The average Bonchev–Trinajstić information content (AvgIpc) is 3.18. The summed E-state index contributed by atoms with van der Waals surface area (Å²) in [5.41, 5.74) is 1.47. The summed E-state index contributed by atoms with van der Waals surface area (Å²) < 4.78 is 21.6. The Kier molecular flexibility index (Phi) is 5.88. The highest BCUT2D eigenvalue weighted by Gasteiger charge is 2.15. The molecule has 1 aromatic heterocycles. The summed E-state index contributed by atoms with van der Waals surface area (Å²) in [6, 6.07) is 10.6. The molecule has 0 spiro atoms. The molecule has 0 atom stereocenters. The van der Waals surface area contributed by atoms with E-state index in [1.807, 2.05) is 0 Å². The third kappa shape index (κ3) is 4.18. The fourth-order valence-electron chi connectivity index (χ4n) is 2.42. The number of aromatic nitrogens is 2. The lowest BCUT2D eigenvalue weighted by atomic mass is 10.1. The minimum Gasteiger partial charge on any atom is -0.493 e. The maximum atomic E-state index is 6.36. The van der Waals surface area contributed by atoms with Gasteiger partial charge in [0.2, 0.25) is 11.6 Å². The van der Waals surface area contributed by atoms with Crippen LogP contribution in [0.1, 0.15) is 11.5 Å². The van der Waals surface area contributed by atoms with Crippen molar-refractivity contribution < 1.29 is 18.6 Å². The minimum absolute atomic E-state index is 0.190. The van der Waals surface area contributed by atoms with Crippen molar-refractivity contribution in [2.24, 2.45) is 0 Å². The van der Waals surface area contributed by atoms with Gasteiger partial charge in [-0.25, -0.2) is 0 Å². The van der Waals surface area contributed by atoms with Crippen LogP contribution >= 0.6 is 23.2 Å². The molecule has 1 heterocycles. The lowest BCUT2D eigenvalue weighted by Crippen LogP contribution is -1.95. The largest absolute Gasteiger partial charge is 0.493 e. The lowest BCUT2D eigenvalue weighted by Gasteiger charge is -2.12. The van der Waals surface area contributed by atoms with Crippen molar-refractivity contribution in [2.45, 2.75) is 0 Å². The summed E-state index contributed by atoms with van der Waals surface area (Å²) in [6.07, 6.45) is 1.67. The molecule has 2 aromatic carbocycles. The van der Waals surface area contributed by atoms with Gasteiger partial charge in [-0.15, -0.1) is 10.2 Å². The molecule has 0 bridgehead atoms. The Morgan fingerprint density at radius 2 is 1.59 bits per heavy atom. The molecule has 3 rings (SSSR count). The summed E-state index contributed by atoms with van der Waals surface area (Å²) in [4.78, 5) is 0. The highest BCUT2D eigenvalue weighted by atomic mass is 35.5. The van der Waals surface area contributed by atoms with Crippen LogP contribution in [0.15, 0.2) is 40.8 Å². The second-order valence-electron chi connectivity index (χ2n) is 5.37. The molecule has 3 aromatic rings. The zero-order chi connectivity index (χ0) is 19.4. The summed E-state index contributed by atoms with van der Waals surface area (Å²) >= 11 is 12.3. The predicted octanol–water partition coefficient (Wildman–Crippen LogP) is 5.15. The van der Waals surface area contributed by atoms with E-state index in [2.05, 4.69) is 10.2 Å². The normalized spacial score (nSPS) is 11.4. The molecule has 0 amide bonds. The van der Waals surface area contributed by atoms with Gasteiger partial charge < -0.3 is 18.6 Å². The van der Waals surface area contributed by atoms with Crippen LogP contribution in [-0.4, -0.2) is 31.5 Å². The standard InChI is InChI=1S/C19H16Cl2N2O4/c1-24-15-9-11(10-16(25-2)17(15)26-3)8-14(21)19-23-22-18(27-19)12-4-6-13(20)7-5-12/h4-10H,1-3H3/b14-8-. The minimum atomic E-state index is 0.190. The van der Waals surface area contributed by atoms with E-state index in [4.69, 9.17) is 41.8 Å². The first kappa shape index (κ1) is 19.1. The van der Waals surface area contributed by atoms with E-state index in [9.17, 15) is 0 Å². The molecule has 0 saturated heterocycles. The summed E-state index contributed by atoms with van der Waals surface area (Å²) in [5.74, 6) is 2.06. The number of hydrogen-bond acceptors (Lipinski definition) is 6. The first-order valence-corrected chi connectivity index (χ1v) is 8.58. The van der Waals surface area contributed by atoms with E-state index in [1.165, 1.54) is 0 Å². The molecule has 0 N–H and O–H groups in total. The highest BCUT2D eigenvalue weighted by Crippen LogP contribution is 2.39. The number of benzene rings is 2. The van der Waals surface area contributed by atoms with Crippen LogP contribution in [0, 0.1) is 0 Å². The Hall–Kier alpha value is -2.70. The van der Waals surface area contributed by atoms with Crippen LogP contribution < -0.4 is 14.2 Å². The van der Waals surface area contributed by atoms with Gasteiger partial charge in [0.1, 0.15) is 5.03 Å². The van der Waals surface area contributed by atoms with Crippen LogP contribution in [-0.2, 0) is 0 Å². The third-order valence-electron chi connectivity index (χ3n) is 3.70. The van der Waals surface area contributed by atoms with Gasteiger partial charge in [0.15, 0.2) is 11.5 Å². The Bertz CT molecular complexity index is 943. The van der Waals surface area contributed by atoms with Crippen molar-refractivity contribution in [3.63, 3.8) is 0 Å². The van der Waals surface area contributed by atoms with Crippen LogP contribution in [0.3, 0.4) is 0 Å². The van der Waals surface area contributed by atoms with Crippen molar-refractivity contribution in [3.8, 4) is 28.7 Å². The molecule has 0 aliphatic carbocycles. The number of nitrogens with zero attached hydrogens (tertiary/aromatic N) is 2. The Labute approximate surface area is 166 Å². The van der Waals surface area contributed by atoms with Gasteiger partial charge in [0.25, 0.3) is 5.89 Å². The second kappa shape index (κ2) is 8.33. The number of methoxy groups -OCH3 is 3. The van der Waals surface area contributed by atoms with Gasteiger partial charge >= 0.3 is 0 Å². The van der Waals surface area contributed by atoms with Crippen molar-refractivity contribution in [3.05, 3.63) is 52.9 Å². The Morgan fingerprint density at radius 1 is 0.963 bits per heavy atom. The van der Waals surface area contributed by atoms with Crippen LogP contribution in [0.25, 0.3) is 22.6 Å². The molecule has 0 unspecified atom stereocenters. The number of hydrogen-bond donors (Lipinski definition) is 0. The van der Waals surface area contributed by atoms with E-state index in [0.29, 0.717) is 28.2 Å². The quantitative estimate of drug-likeness (QED) is 0.563. The van der Waals surface area contributed by atoms with Crippen LogP contribution in [0.5, 0.6) is 17.2 Å². The van der Waals surface area contributed by atoms with E-state index in [1.54, 1.807) is 63.8 Å². The molecule has 0 aliphatic heterocycles. The highest BCUT2D eigenvalue weighted by molar-refractivity contribution is 6.50. The maximum absolute atomic E-state index is 6.36. The van der Waals surface area contributed by atoms with E-state index in [0.717, 1.165) is 11.1 Å². The average molecular weight is 407 g/mol. The van der Waals surface area contributed by atoms with Crippen molar-refractivity contribution in [2.75, 3.05) is 21.3 Å². The van der Waals surface area contributed by atoms with Gasteiger partial charge in [-0.1, -0.05) is 23.2 Å². The fraction of sp³-hybridized carbons (Fsp3) is 0.158. The predicted molar refractivity (Wildman–Crippen MR) is 105 cm³/mol. The van der Waals surface area contributed by atoms with Crippen molar-refractivity contribution in [1.29, 1.82) is 0 Å². The fourth-order valence-corrected chi connectivity index (χ4v) is 2.75. The summed E-state index contributed by atoms with van der Waals surface area (Å²) in [7, 11) is 4.63. The topological polar surface area (TPSA) is 66.6 Å². The zero-order valence-corrected chi connectivity index (χ0v) is 16.3. The van der Waals surface area contributed by atoms with Crippen molar-refractivity contribution in [1.82, 2.24) is 10.2 Å². The molecule has 140 valence electrons. The Balaban J connectivity index is 1.93. The molecule has 8 heteroatoms. The molecule has 0 fully saturated rings. The first-order valence-electron chi connectivity index (χ1n) is 7.82. The maximum Gasteiger partial charge on any atom is 0.259 e. The number of rotatable bonds is 6.